The lowest BCUT2D eigenvalue weighted by Crippen LogP contribution is -1.92. The van der Waals surface area contributed by atoms with Gasteiger partial charge in [-0.3, -0.25) is 0 Å². The summed E-state index contributed by atoms with van der Waals surface area (Å²) in [6.45, 7) is 0. The second kappa shape index (κ2) is 3.67. The van der Waals surface area contributed by atoms with E-state index in [1.54, 1.807) is 0 Å². The van der Waals surface area contributed by atoms with Crippen LogP contribution in [0.25, 0.3) is 0 Å². The molecule has 2 nitrogen and oxygen atoms in total. The lowest BCUT2D eigenvalue weighted by atomic mass is 10.3. The largest absolute Gasteiger partial charge is 0.497 e. The molecule has 0 aliphatic carbocycles. The molecule has 0 N–H and O–H groups in total. The summed E-state index contributed by atoms with van der Waals surface area (Å²) in [5, 5.41) is 0.00431. The number of ether oxygens (including phenoxy) is 1. The van der Waals surface area contributed by atoms with Gasteiger partial charge in [0.1, 0.15) is 16.6 Å². The van der Waals surface area contributed by atoms with Gasteiger partial charge in [-0.15, -0.1) is 0 Å². The number of pyridine rings is 1. The summed E-state index contributed by atoms with van der Waals surface area (Å²) in [6.07, 6.45) is -2.63. The zero-order valence-corrected chi connectivity index (χ0v) is 6.98. The average Bonchev–Trinajstić information content (AvgIpc) is 2.03. The highest BCUT2D eigenvalue weighted by atomic mass is 35.5. The first-order valence-electron chi connectivity index (χ1n) is 3.13. The molecule has 0 atom stereocenters. The second-order valence-corrected chi connectivity index (χ2v) is 2.44. The number of halogens is 3. The molecule has 1 aromatic rings. The van der Waals surface area contributed by atoms with E-state index in [1.165, 1.54) is 13.2 Å². The minimum atomic E-state index is -2.63. The first-order valence-corrected chi connectivity index (χ1v) is 3.51. The first-order chi connectivity index (χ1) is 5.63. The van der Waals surface area contributed by atoms with Crippen LogP contribution in [0.15, 0.2) is 12.1 Å². The first kappa shape index (κ1) is 9.19. The van der Waals surface area contributed by atoms with E-state index in [4.69, 9.17) is 16.3 Å². The van der Waals surface area contributed by atoms with E-state index in [9.17, 15) is 8.78 Å². The van der Waals surface area contributed by atoms with Gasteiger partial charge in [-0.25, -0.2) is 13.8 Å². The summed E-state index contributed by atoms with van der Waals surface area (Å²) in [5.74, 6) is 0.283. The molecule has 5 heteroatoms. The summed E-state index contributed by atoms with van der Waals surface area (Å²) < 4.78 is 28.9. The van der Waals surface area contributed by atoms with Crippen LogP contribution in [0.1, 0.15) is 12.1 Å². The van der Waals surface area contributed by atoms with Crippen LogP contribution in [0.3, 0.4) is 0 Å². The van der Waals surface area contributed by atoms with Crippen molar-refractivity contribution < 1.29 is 13.5 Å². The van der Waals surface area contributed by atoms with Crippen LogP contribution in [-0.2, 0) is 0 Å². The maximum Gasteiger partial charge on any atom is 0.280 e. The van der Waals surface area contributed by atoms with Gasteiger partial charge in [-0.1, -0.05) is 11.6 Å². The monoisotopic (exact) mass is 193 g/mol. The highest BCUT2D eigenvalue weighted by Gasteiger charge is 2.10. The number of alkyl halides is 2. The molecule has 0 fully saturated rings. The molecular weight excluding hydrogens is 188 g/mol. The molecule has 0 radical (unpaired) electrons. The van der Waals surface area contributed by atoms with Crippen molar-refractivity contribution in [2.75, 3.05) is 7.11 Å². The summed E-state index contributed by atoms with van der Waals surface area (Å²) in [7, 11) is 1.38. The molecule has 0 aliphatic rings. The molecule has 1 heterocycles. The highest BCUT2D eigenvalue weighted by molar-refractivity contribution is 6.29. The molecule has 0 bridgehead atoms. The van der Waals surface area contributed by atoms with Gasteiger partial charge in [-0.2, -0.15) is 0 Å². The van der Waals surface area contributed by atoms with E-state index in [2.05, 4.69) is 4.98 Å². The van der Waals surface area contributed by atoms with Crippen LogP contribution >= 0.6 is 11.6 Å². The quantitative estimate of drug-likeness (QED) is 0.674. The van der Waals surface area contributed by atoms with Crippen LogP contribution < -0.4 is 4.74 Å². The zero-order valence-electron chi connectivity index (χ0n) is 6.22. The third-order valence-corrected chi connectivity index (χ3v) is 1.44. The summed E-state index contributed by atoms with van der Waals surface area (Å²) in [5.41, 5.74) is -0.376. The smallest absolute Gasteiger partial charge is 0.280 e. The lowest BCUT2D eigenvalue weighted by Gasteiger charge is -2.03. The SMILES string of the molecule is COc1cc(Cl)nc(C(F)F)c1. The molecule has 12 heavy (non-hydrogen) atoms. The normalized spacial score (nSPS) is 10.4. The number of nitrogens with zero attached hydrogens (tertiary/aromatic N) is 1. The van der Waals surface area contributed by atoms with Crippen LogP contribution in [0.4, 0.5) is 8.78 Å². The minimum Gasteiger partial charge on any atom is -0.497 e. The molecule has 0 spiro atoms. The molecule has 0 aliphatic heterocycles. The molecule has 0 amide bonds. The van der Waals surface area contributed by atoms with Crippen molar-refractivity contribution >= 4 is 11.6 Å². The van der Waals surface area contributed by atoms with Gasteiger partial charge in [-0.05, 0) is 0 Å². The Balaban J connectivity index is 3.06. The predicted octanol–water partition coefficient (Wildman–Crippen LogP) is 2.68. The number of methoxy groups -OCH3 is 1. The molecule has 0 saturated heterocycles. The zero-order chi connectivity index (χ0) is 9.14. The van der Waals surface area contributed by atoms with Gasteiger partial charge in [0.15, 0.2) is 0 Å². The van der Waals surface area contributed by atoms with E-state index >= 15 is 0 Å². The summed E-state index contributed by atoms with van der Waals surface area (Å²) in [6, 6.07) is 2.52. The van der Waals surface area contributed by atoms with Crippen molar-refractivity contribution in [2.24, 2.45) is 0 Å². The van der Waals surface area contributed by atoms with E-state index in [0.717, 1.165) is 6.07 Å². The van der Waals surface area contributed by atoms with E-state index in [0.29, 0.717) is 0 Å². The Kier molecular flexibility index (Phi) is 2.81. The van der Waals surface area contributed by atoms with E-state index in [-0.39, 0.29) is 16.6 Å². The van der Waals surface area contributed by atoms with Crippen molar-refractivity contribution in [2.45, 2.75) is 6.43 Å². The van der Waals surface area contributed by atoms with Crippen molar-refractivity contribution in [1.82, 2.24) is 4.98 Å². The van der Waals surface area contributed by atoms with Gasteiger partial charge in [0.25, 0.3) is 6.43 Å². The number of hydrogen-bond acceptors (Lipinski definition) is 2. The predicted molar refractivity (Wildman–Crippen MR) is 40.8 cm³/mol. The Labute approximate surface area is 73.1 Å². The molecule has 1 rings (SSSR count). The van der Waals surface area contributed by atoms with Crippen molar-refractivity contribution in [3.05, 3.63) is 23.0 Å². The fourth-order valence-corrected chi connectivity index (χ4v) is 0.927. The topological polar surface area (TPSA) is 22.1 Å². The number of aromatic nitrogens is 1. The van der Waals surface area contributed by atoms with Crippen LogP contribution in [0.5, 0.6) is 5.75 Å². The fraction of sp³-hybridized carbons (Fsp3) is 0.286. The second-order valence-electron chi connectivity index (χ2n) is 2.06. The minimum absolute atomic E-state index is 0.00431. The summed E-state index contributed by atoms with van der Waals surface area (Å²) in [4.78, 5) is 3.42. The maximum absolute atomic E-state index is 12.1. The fourth-order valence-electron chi connectivity index (χ4n) is 0.722. The Hall–Kier alpha value is -0.900. The number of hydrogen-bond donors (Lipinski definition) is 0. The van der Waals surface area contributed by atoms with Crippen LogP contribution in [0, 0.1) is 0 Å². The molecule has 1 aromatic heterocycles. The van der Waals surface area contributed by atoms with E-state index < -0.39 is 6.43 Å². The van der Waals surface area contributed by atoms with Crippen LogP contribution in [0.2, 0.25) is 5.15 Å². The standard InChI is InChI=1S/C7H6ClF2NO/c1-12-4-2-5(7(9)10)11-6(8)3-4/h2-3,7H,1H3. The molecule has 66 valence electrons. The van der Waals surface area contributed by atoms with Crippen LogP contribution in [-0.4, -0.2) is 12.1 Å². The van der Waals surface area contributed by atoms with Gasteiger partial charge < -0.3 is 4.74 Å². The lowest BCUT2D eigenvalue weighted by molar-refractivity contribution is 0.145. The van der Waals surface area contributed by atoms with Crippen molar-refractivity contribution in [1.29, 1.82) is 0 Å². The molecule has 0 saturated carbocycles. The van der Waals surface area contributed by atoms with Gasteiger partial charge in [0.2, 0.25) is 0 Å². The number of rotatable bonds is 2. The van der Waals surface area contributed by atoms with Crippen molar-refractivity contribution in [3.8, 4) is 5.75 Å². The van der Waals surface area contributed by atoms with Crippen molar-refractivity contribution in [3.63, 3.8) is 0 Å². The Morgan fingerprint density at radius 2 is 2.17 bits per heavy atom. The Morgan fingerprint density at radius 1 is 1.50 bits per heavy atom. The highest BCUT2D eigenvalue weighted by Crippen LogP contribution is 2.23. The third kappa shape index (κ3) is 2.04. The molecule has 0 unspecified atom stereocenters. The van der Waals surface area contributed by atoms with E-state index in [1.807, 2.05) is 0 Å². The van der Waals surface area contributed by atoms with Gasteiger partial charge in [0, 0.05) is 12.1 Å². The summed E-state index contributed by atoms with van der Waals surface area (Å²) >= 11 is 5.45. The van der Waals surface area contributed by atoms with Gasteiger partial charge >= 0.3 is 0 Å². The maximum atomic E-state index is 12.1. The molecule has 0 aromatic carbocycles. The Bertz CT molecular complexity index is 280. The average molecular weight is 194 g/mol. The third-order valence-electron chi connectivity index (χ3n) is 1.25. The molecular formula is C7H6ClF2NO. The Morgan fingerprint density at radius 3 is 2.67 bits per heavy atom. The van der Waals surface area contributed by atoms with Gasteiger partial charge in [0.05, 0.1) is 7.11 Å².